The van der Waals surface area contributed by atoms with E-state index in [2.05, 4.69) is 5.32 Å². The molecule has 0 bridgehead atoms. The maximum atomic E-state index is 12.7. The van der Waals surface area contributed by atoms with E-state index in [-0.39, 0.29) is 6.54 Å². The number of carbonyl (C=O) groups excluding carboxylic acids is 1. The molecular formula is C22H23N3O4S. The smallest absolute Gasteiger partial charge is 0.304 e. The standard InChI is InChI=1S/C22H23N3O4S/c1-24(2)30(27,28)25(19-9-5-3-6-10-19)17-22(26)23-18-13-15-21(16-14-18)29-20-11-7-4-8-12-20/h3-16H,17H2,1-2H3,(H,23,26). The first-order valence-corrected chi connectivity index (χ1v) is 10.6. The third-order valence-corrected chi connectivity index (χ3v) is 6.01. The summed E-state index contributed by atoms with van der Waals surface area (Å²) in [6, 6.07) is 24.7. The van der Waals surface area contributed by atoms with Crippen molar-refractivity contribution in [2.75, 3.05) is 30.3 Å². The first-order valence-electron chi connectivity index (χ1n) is 9.24. The predicted molar refractivity (Wildman–Crippen MR) is 118 cm³/mol. The number of carbonyl (C=O) groups is 1. The van der Waals surface area contributed by atoms with E-state index < -0.39 is 16.1 Å². The van der Waals surface area contributed by atoms with Gasteiger partial charge in [-0.15, -0.1) is 0 Å². The highest BCUT2D eigenvalue weighted by Crippen LogP contribution is 2.23. The second-order valence-corrected chi connectivity index (χ2v) is 8.69. The molecule has 0 aromatic heterocycles. The number of para-hydroxylation sites is 2. The Hall–Kier alpha value is -3.36. The number of nitrogens with zero attached hydrogens (tertiary/aromatic N) is 2. The second kappa shape index (κ2) is 9.43. The van der Waals surface area contributed by atoms with Gasteiger partial charge in [0.1, 0.15) is 18.0 Å². The maximum Gasteiger partial charge on any atom is 0.304 e. The number of ether oxygens (including phenoxy) is 1. The number of benzene rings is 3. The molecule has 0 atom stereocenters. The average Bonchev–Trinajstić information content (AvgIpc) is 2.74. The van der Waals surface area contributed by atoms with Crippen molar-refractivity contribution >= 4 is 27.5 Å². The highest BCUT2D eigenvalue weighted by Gasteiger charge is 2.27. The van der Waals surface area contributed by atoms with E-state index >= 15 is 0 Å². The van der Waals surface area contributed by atoms with Crippen molar-refractivity contribution in [3.63, 3.8) is 0 Å². The van der Waals surface area contributed by atoms with E-state index in [4.69, 9.17) is 4.74 Å². The lowest BCUT2D eigenvalue weighted by Gasteiger charge is -2.26. The molecule has 1 N–H and O–H groups in total. The van der Waals surface area contributed by atoms with Crippen LogP contribution in [-0.2, 0) is 15.0 Å². The normalized spacial score (nSPS) is 11.2. The molecule has 0 saturated carbocycles. The van der Waals surface area contributed by atoms with Crippen LogP contribution in [0.25, 0.3) is 0 Å². The Morgan fingerprint density at radius 2 is 1.37 bits per heavy atom. The van der Waals surface area contributed by atoms with Crippen LogP contribution >= 0.6 is 0 Å². The van der Waals surface area contributed by atoms with Gasteiger partial charge in [-0.3, -0.25) is 4.79 Å². The fourth-order valence-electron chi connectivity index (χ4n) is 2.66. The molecule has 0 spiro atoms. The first-order chi connectivity index (χ1) is 14.4. The Balaban J connectivity index is 1.69. The number of amides is 1. The van der Waals surface area contributed by atoms with Gasteiger partial charge in [0.15, 0.2) is 0 Å². The van der Waals surface area contributed by atoms with Crippen LogP contribution in [0.5, 0.6) is 11.5 Å². The van der Waals surface area contributed by atoms with E-state index in [9.17, 15) is 13.2 Å². The van der Waals surface area contributed by atoms with Crippen LogP contribution in [0.15, 0.2) is 84.9 Å². The van der Waals surface area contributed by atoms with E-state index in [1.54, 1.807) is 54.6 Å². The molecule has 0 heterocycles. The van der Waals surface area contributed by atoms with Gasteiger partial charge >= 0.3 is 10.2 Å². The molecule has 1 amide bonds. The van der Waals surface area contributed by atoms with E-state index in [0.717, 1.165) is 8.61 Å². The Bertz CT molecular complexity index is 1070. The third kappa shape index (κ3) is 5.37. The minimum Gasteiger partial charge on any atom is -0.457 e. The van der Waals surface area contributed by atoms with Gasteiger partial charge in [0.2, 0.25) is 5.91 Å². The van der Waals surface area contributed by atoms with Crippen molar-refractivity contribution in [2.45, 2.75) is 0 Å². The zero-order valence-electron chi connectivity index (χ0n) is 16.7. The molecular weight excluding hydrogens is 402 g/mol. The van der Waals surface area contributed by atoms with Crippen molar-refractivity contribution in [1.82, 2.24) is 4.31 Å². The predicted octanol–water partition coefficient (Wildman–Crippen LogP) is 3.73. The monoisotopic (exact) mass is 425 g/mol. The van der Waals surface area contributed by atoms with Gasteiger partial charge in [-0.2, -0.15) is 12.7 Å². The summed E-state index contributed by atoms with van der Waals surface area (Å²) in [6.45, 7) is -0.354. The van der Waals surface area contributed by atoms with Crippen molar-refractivity contribution in [2.24, 2.45) is 0 Å². The highest BCUT2D eigenvalue weighted by atomic mass is 32.2. The lowest BCUT2D eigenvalue weighted by atomic mass is 10.3. The molecule has 0 aliphatic rings. The Morgan fingerprint density at radius 3 is 1.93 bits per heavy atom. The van der Waals surface area contributed by atoms with E-state index in [1.165, 1.54) is 14.1 Å². The zero-order chi connectivity index (χ0) is 21.6. The minimum absolute atomic E-state index is 0.354. The zero-order valence-corrected chi connectivity index (χ0v) is 17.5. The van der Waals surface area contributed by atoms with Crippen LogP contribution in [0.4, 0.5) is 11.4 Å². The Morgan fingerprint density at radius 1 is 0.833 bits per heavy atom. The summed E-state index contributed by atoms with van der Waals surface area (Å²) in [5, 5.41) is 2.73. The van der Waals surface area contributed by atoms with Gasteiger partial charge in [-0.25, -0.2) is 4.31 Å². The number of hydrogen-bond acceptors (Lipinski definition) is 4. The molecule has 3 rings (SSSR count). The summed E-state index contributed by atoms with van der Waals surface area (Å²) >= 11 is 0. The lowest BCUT2D eigenvalue weighted by Crippen LogP contribution is -2.44. The molecule has 7 nitrogen and oxygen atoms in total. The van der Waals surface area contributed by atoms with Crippen molar-refractivity contribution in [3.8, 4) is 11.5 Å². The molecule has 0 fully saturated rings. The highest BCUT2D eigenvalue weighted by molar-refractivity contribution is 7.90. The first kappa shape index (κ1) is 21.4. The van der Waals surface area contributed by atoms with Crippen molar-refractivity contribution in [3.05, 3.63) is 84.9 Å². The van der Waals surface area contributed by atoms with Crippen LogP contribution < -0.4 is 14.4 Å². The quantitative estimate of drug-likeness (QED) is 0.596. The summed E-state index contributed by atoms with van der Waals surface area (Å²) < 4.78 is 33.2. The van der Waals surface area contributed by atoms with Crippen LogP contribution in [0.3, 0.4) is 0 Å². The molecule has 30 heavy (non-hydrogen) atoms. The van der Waals surface area contributed by atoms with E-state index in [1.807, 2.05) is 30.3 Å². The average molecular weight is 426 g/mol. The Kier molecular flexibility index (Phi) is 6.71. The molecule has 0 aliphatic heterocycles. The molecule has 3 aromatic carbocycles. The third-order valence-electron chi connectivity index (χ3n) is 4.19. The fraction of sp³-hybridized carbons (Fsp3) is 0.136. The summed E-state index contributed by atoms with van der Waals surface area (Å²) in [5.41, 5.74) is 0.948. The van der Waals surface area contributed by atoms with Gasteiger partial charge in [0.05, 0.1) is 5.69 Å². The van der Waals surface area contributed by atoms with Gasteiger partial charge in [0.25, 0.3) is 0 Å². The number of anilines is 2. The van der Waals surface area contributed by atoms with Crippen LogP contribution in [0, 0.1) is 0 Å². The van der Waals surface area contributed by atoms with Crippen molar-refractivity contribution < 1.29 is 17.9 Å². The van der Waals surface area contributed by atoms with Gasteiger partial charge in [-0.05, 0) is 48.5 Å². The molecule has 156 valence electrons. The summed E-state index contributed by atoms with van der Waals surface area (Å²) in [5.74, 6) is 0.878. The molecule has 0 saturated heterocycles. The number of rotatable bonds is 8. The lowest BCUT2D eigenvalue weighted by molar-refractivity contribution is -0.114. The Labute approximate surface area is 176 Å². The summed E-state index contributed by atoms with van der Waals surface area (Å²) in [7, 11) is -0.984. The van der Waals surface area contributed by atoms with Crippen LogP contribution in [-0.4, -0.2) is 39.3 Å². The molecule has 0 unspecified atom stereocenters. The van der Waals surface area contributed by atoms with Gasteiger partial charge in [-0.1, -0.05) is 36.4 Å². The second-order valence-electron chi connectivity index (χ2n) is 6.62. The number of nitrogens with one attached hydrogen (secondary N) is 1. The van der Waals surface area contributed by atoms with Crippen LogP contribution in [0.1, 0.15) is 0 Å². The minimum atomic E-state index is -3.83. The molecule has 0 radical (unpaired) electrons. The number of hydrogen-bond donors (Lipinski definition) is 1. The molecule has 3 aromatic rings. The van der Waals surface area contributed by atoms with Gasteiger partial charge in [0, 0.05) is 19.8 Å². The summed E-state index contributed by atoms with van der Waals surface area (Å²) in [4.78, 5) is 12.6. The van der Waals surface area contributed by atoms with Gasteiger partial charge < -0.3 is 10.1 Å². The molecule has 8 heteroatoms. The molecule has 0 aliphatic carbocycles. The maximum absolute atomic E-state index is 12.7. The largest absolute Gasteiger partial charge is 0.457 e. The van der Waals surface area contributed by atoms with Crippen LogP contribution in [0.2, 0.25) is 0 Å². The van der Waals surface area contributed by atoms with Crippen molar-refractivity contribution in [1.29, 1.82) is 0 Å². The van der Waals surface area contributed by atoms with E-state index in [0.29, 0.717) is 22.9 Å². The fourth-order valence-corrected chi connectivity index (χ4v) is 3.72. The summed E-state index contributed by atoms with van der Waals surface area (Å²) in [6.07, 6.45) is 0. The topological polar surface area (TPSA) is 79.0 Å². The SMILES string of the molecule is CN(C)S(=O)(=O)N(CC(=O)Nc1ccc(Oc2ccccc2)cc1)c1ccccc1.